The van der Waals surface area contributed by atoms with Crippen molar-refractivity contribution in [2.45, 2.75) is 19.0 Å². The summed E-state index contributed by atoms with van der Waals surface area (Å²) in [5.74, 6) is 0. The molecule has 30 heavy (non-hydrogen) atoms. The highest BCUT2D eigenvalue weighted by Crippen LogP contribution is 2.42. The van der Waals surface area contributed by atoms with E-state index in [1.165, 1.54) is 5.56 Å². The summed E-state index contributed by atoms with van der Waals surface area (Å²) >= 11 is 5.81. The summed E-state index contributed by atoms with van der Waals surface area (Å²) in [5.41, 5.74) is 5.57. The van der Waals surface area contributed by atoms with Crippen LogP contribution in [-0.2, 0) is 0 Å². The number of aryl methyl sites for hydroxylation is 1. The Balaban J connectivity index is 1.67. The molecule has 2 aromatic heterocycles. The van der Waals surface area contributed by atoms with Gasteiger partial charge in [-0.2, -0.15) is 0 Å². The molecule has 1 saturated heterocycles. The van der Waals surface area contributed by atoms with Crippen LogP contribution in [-0.4, -0.2) is 14.7 Å². The highest BCUT2D eigenvalue weighted by molar-refractivity contribution is 7.80. The van der Waals surface area contributed by atoms with Crippen molar-refractivity contribution in [1.82, 2.24) is 14.9 Å². The predicted octanol–water partition coefficient (Wildman–Crippen LogP) is 5.36. The number of thiocarbonyl (C=S) groups is 1. The molecule has 1 N–H and O–H groups in total. The zero-order valence-corrected chi connectivity index (χ0v) is 17.5. The molecule has 0 spiro atoms. The Morgan fingerprint density at radius 1 is 0.867 bits per heavy atom. The van der Waals surface area contributed by atoms with Crippen molar-refractivity contribution in [2.24, 2.45) is 0 Å². The van der Waals surface area contributed by atoms with Gasteiger partial charge < -0.3 is 14.8 Å². The molecule has 0 radical (unpaired) electrons. The fourth-order valence-corrected chi connectivity index (χ4v) is 4.52. The normalized spacial score (nSPS) is 18.4. The van der Waals surface area contributed by atoms with Crippen LogP contribution in [0, 0.1) is 6.92 Å². The van der Waals surface area contributed by atoms with Gasteiger partial charge in [0, 0.05) is 29.5 Å². The van der Waals surface area contributed by atoms with Crippen molar-refractivity contribution in [3.8, 4) is 5.69 Å². The Hall–Kier alpha value is -3.44. The summed E-state index contributed by atoms with van der Waals surface area (Å²) in [5, 5.41) is 4.24. The Kier molecular flexibility index (Phi) is 4.81. The molecule has 1 aliphatic heterocycles. The van der Waals surface area contributed by atoms with Gasteiger partial charge >= 0.3 is 0 Å². The van der Waals surface area contributed by atoms with Crippen LogP contribution in [0.5, 0.6) is 0 Å². The molecule has 0 unspecified atom stereocenters. The summed E-state index contributed by atoms with van der Waals surface area (Å²) < 4.78 is 2.25. The van der Waals surface area contributed by atoms with Gasteiger partial charge in [0.1, 0.15) is 6.04 Å². The Bertz CT molecular complexity index is 1170. The second-order valence-corrected chi connectivity index (χ2v) is 7.86. The topological polar surface area (TPSA) is 33.1 Å². The molecule has 4 nitrogen and oxygen atoms in total. The highest BCUT2D eigenvalue weighted by Gasteiger charge is 2.42. The van der Waals surface area contributed by atoms with Crippen molar-refractivity contribution >= 4 is 23.0 Å². The zero-order chi connectivity index (χ0) is 20.5. The minimum absolute atomic E-state index is 0.0367. The monoisotopic (exact) mass is 410 g/mol. The molecule has 1 fully saturated rings. The van der Waals surface area contributed by atoms with Crippen molar-refractivity contribution < 1.29 is 0 Å². The maximum absolute atomic E-state index is 5.81. The van der Waals surface area contributed by atoms with Gasteiger partial charge in [0.25, 0.3) is 0 Å². The van der Waals surface area contributed by atoms with Crippen molar-refractivity contribution in [2.75, 3.05) is 4.90 Å². The molecular weight excluding hydrogens is 388 g/mol. The largest absolute Gasteiger partial charge is 0.351 e. The first-order valence-corrected chi connectivity index (χ1v) is 10.4. The number of rotatable bonds is 4. The molecule has 5 rings (SSSR count). The Morgan fingerprint density at radius 3 is 2.43 bits per heavy atom. The van der Waals surface area contributed by atoms with E-state index in [0.717, 1.165) is 22.8 Å². The van der Waals surface area contributed by atoms with Gasteiger partial charge in [0.15, 0.2) is 5.11 Å². The highest BCUT2D eigenvalue weighted by atomic mass is 32.1. The average molecular weight is 411 g/mol. The van der Waals surface area contributed by atoms with Crippen LogP contribution in [0.2, 0.25) is 0 Å². The summed E-state index contributed by atoms with van der Waals surface area (Å²) in [6.45, 7) is 2.12. The summed E-state index contributed by atoms with van der Waals surface area (Å²) in [4.78, 5) is 6.85. The minimum atomic E-state index is -0.0580. The molecule has 148 valence electrons. The van der Waals surface area contributed by atoms with Crippen LogP contribution in [0.3, 0.4) is 0 Å². The average Bonchev–Trinajstić information content (AvgIpc) is 3.39. The van der Waals surface area contributed by atoms with Gasteiger partial charge in [0.05, 0.1) is 11.7 Å². The molecule has 5 heteroatoms. The minimum Gasteiger partial charge on any atom is -0.351 e. The van der Waals surface area contributed by atoms with E-state index < -0.39 is 0 Å². The Morgan fingerprint density at radius 2 is 1.67 bits per heavy atom. The third-order valence-electron chi connectivity index (χ3n) is 5.50. The van der Waals surface area contributed by atoms with Crippen molar-refractivity contribution in [1.29, 1.82) is 0 Å². The molecular formula is C25H22N4S. The molecule has 4 aromatic rings. The number of aromatic nitrogens is 2. The number of para-hydroxylation sites is 1. The van der Waals surface area contributed by atoms with Crippen molar-refractivity contribution in [3.63, 3.8) is 0 Å². The molecule has 2 atom stereocenters. The number of benzene rings is 2. The Labute approximate surface area is 181 Å². The summed E-state index contributed by atoms with van der Waals surface area (Å²) in [6.07, 6.45) is 3.95. The van der Waals surface area contributed by atoms with E-state index in [0.29, 0.717) is 5.11 Å². The van der Waals surface area contributed by atoms with Crippen LogP contribution in [0.4, 0.5) is 5.69 Å². The molecule has 0 saturated carbocycles. The van der Waals surface area contributed by atoms with Crippen LogP contribution < -0.4 is 10.2 Å². The van der Waals surface area contributed by atoms with Gasteiger partial charge in [-0.15, -0.1) is 0 Å². The third kappa shape index (κ3) is 3.27. The number of pyridine rings is 1. The van der Waals surface area contributed by atoms with E-state index in [1.807, 2.05) is 36.5 Å². The number of hydrogen-bond acceptors (Lipinski definition) is 2. The number of hydrogen-bond donors (Lipinski definition) is 1. The van der Waals surface area contributed by atoms with E-state index in [4.69, 9.17) is 12.2 Å². The lowest BCUT2D eigenvalue weighted by atomic mass is 10.0. The van der Waals surface area contributed by atoms with E-state index in [1.54, 1.807) is 0 Å². The molecule has 1 aliphatic rings. The van der Waals surface area contributed by atoms with Gasteiger partial charge in [-0.25, -0.2) is 0 Å². The van der Waals surface area contributed by atoms with Gasteiger partial charge in [0.2, 0.25) is 0 Å². The zero-order valence-electron chi connectivity index (χ0n) is 16.6. The smallest absolute Gasteiger partial charge is 0.174 e. The van der Waals surface area contributed by atoms with Crippen LogP contribution >= 0.6 is 12.2 Å². The number of nitrogens with one attached hydrogen (secondary N) is 1. The second kappa shape index (κ2) is 7.76. The SMILES string of the molecule is Cc1cccc(-n2cccc2[C@H]2[C@@H](c3ccccn3)NC(=S)N2c2ccccc2)c1. The second-order valence-electron chi connectivity index (χ2n) is 7.47. The van der Waals surface area contributed by atoms with Crippen LogP contribution in [0.25, 0.3) is 5.69 Å². The van der Waals surface area contributed by atoms with Gasteiger partial charge in [-0.3, -0.25) is 4.98 Å². The standard InChI is InChI=1S/C25H22N4S/c1-18-9-7-12-20(17-18)28-16-8-14-22(28)24-23(21-13-5-6-15-26-21)27-25(30)29(24)19-10-3-2-4-11-19/h2-17,23-24H,1H3,(H,27,30)/t23-,24+/m1/s1. The molecule has 0 amide bonds. The molecule has 0 bridgehead atoms. The van der Waals surface area contributed by atoms with Crippen LogP contribution in [0.1, 0.15) is 29.0 Å². The van der Waals surface area contributed by atoms with Gasteiger partial charge in [-0.1, -0.05) is 36.4 Å². The fourth-order valence-electron chi connectivity index (χ4n) is 4.17. The number of anilines is 1. The predicted molar refractivity (Wildman–Crippen MR) is 125 cm³/mol. The summed E-state index contributed by atoms with van der Waals surface area (Å²) in [7, 11) is 0. The lowest BCUT2D eigenvalue weighted by Crippen LogP contribution is -2.30. The van der Waals surface area contributed by atoms with Crippen molar-refractivity contribution in [3.05, 3.63) is 114 Å². The van der Waals surface area contributed by atoms with Crippen LogP contribution in [0.15, 0.2) is 97.3 Å². The van der Waals surface area contributed by atoms with Gasteiger partial charge in [-0.05, 0) is 73.2 Å². The first kappa shape index (κ1) is 18.6. The lowest BCUT2D eigenvalue weighted by molar-refractivity contribution is 0.549. The first-order chi connectivity index (χ1) is 14.7. The number of nitrogens with zero attached hydrogens (tertiary/aromatic N) is 3. The lowest BCUT2D eigenvalue weighted by Gasteiger charge is -2.29. The summed E-state index contributed by atoms with van der Waals surface area (Å²) in [6, 6.07) is 29.1. The maximum atomic E-state index is 5.81. The van der Waals surface area contributed by atoms with E-state index in [-0.39, 0.29) is 12.1 Å². The maximum Gasteiger partial charge on any atom is 0.174 e. The third-order valence-corrected chi connectivity index (χ3v) is 5.81. The van der Waals surface area contributed by atoms with E-state index in [9.17, 15) is 0 Å². The van der Waals surface area contributed by atoms with E-state index in [2.05, 4.69) is 87.5 Å². The fraction of sp³-hybridized carbons (Fsp3) is 0.120. The molecule has 3 heterocycles. The molecule has 2 aromatic carbocycles. The molecule has 0 aliphatic carbocycles. The quantitative estimate of drug-likeness (QED) is 0.459. The van der Waals surface area contributed by atoms with E-state index >= 15 is 0 Å². The first-order valence-electron chi connectivity index (χ1n) is 10.0.